The van der Waals surface area contributed by atoms with Crippen LogP contribution in [0.2, 0.25) is 0 Å². The van der Waals surface area contributed by atoms with Gasteiger partial charge in [0.1, 0.15) is 18.1 Å². The summed E-state index contributed by atoms with van der Waals surface area (Å²) in [6.45, 7) is -0.838. The number of aliphatic hydroxyl groups is 1. The van der Waals surface area contributed by atoms with Crippen LogP contribution in [0, 0.1) is 0 Å². The minimum Gasteiger partial charge on any atom is -0.481 e. The predicted octanol–water partition coefficient (Wildman–Crippen LogP) is -5.36. The Kier molecular flexibility index (Phi) is 14.0. The summed E-state index contributed by atoms with van der Waals surface area (Å²) in [5, 5.41) is 33.9. The van der Waals surface area contributed by atoms with Crippen LogP contribution in [0.25, 0.3) is 0 Å². The Morgan fingerprint density at radius 2 is 1.34 bits per heavy atom. The number of nitrogens with one attached hydrogen (secondary N) is 3. The van der Waals surface area contributed by atoms with E-state index in [9.17, 15) is 39.0 Å². The lowest BCUT2D eigenvalue weighted by Gasteiger charge is -2.24. The molecule has 17 heteroatoms. The number of amides is 4. The van der Waals surface area contributed by atoms with E-state index in [1.54, 1.807) is 0 Å². The second-order valence-electron chi connectivity index (χ2n) is 7.36. The molecule has 0 aliphatic rings. The molecule has 4 atom stereocenters. The molecule has 0 bridgehead atoms. The number of aliphatic imine (C=N–C) groups is 1. The van der Waals surface area contributed by atoms with Crippen molar-refractivity contribution >= 4 is 41.5 Å². The van der Waals surface area contributed by atoms with Crippen molar-refractivity contribution in [1.29, 1.82) is 0 Å². The number of hydrogen-bond acceptors (Lipinski definition) is 9. The number of carboxylic acid groups (broad SMARTS) is 2. The second-order valence-corrected chi connectivity index (χ2v) is 7.36. The Morgan fingerprint density at radius 3 is 1.83 bits per heavy atom. The summed E-state index contributed by atoms with van der Waals surface area (Å²) in [7, 11) is 0. The summed E-state index contributed by atoms with van der Waals surface area (Å²) in [5.41, 5.74) is 20.9. The van der Waals surface area contributed by atoms with Crippen molar-refractivity contribution < 1.29 is 44.1 Å². The summed E-state index contributed by atoms with van der Waals surface area (Å²) in [6.07, 6.45) is -1.29. The molecule has 14 N–H and O–H groups in total. The van der Waals surface area contributed by atoms with Crippen molar-refractivity contribution in [1.82, 2.24) is 16.0 Å². The third-order valence-corrected chi connectivity index (χ3v) is 4.42. The molecule has 4 unspecified atom stereocenters. The molecule has 0 saturated heterocycles. The molecule has 0 spiro atoms. The molecule has 0 saturated carbocycles. The van der Waals surface area contributed by atoms with Gasteiger partial charge in [0, 0.05) is 13.0 Å². The summed E-state index contributed by atoms with van der Waals surface area (Å²) in [5.74, 6) is -6.85. The quantitative estimate of drug-likeness (QED) is 0.0504. The topological polar surface area (TPSA) is 316 Å². The van der Waals surface area contributed by atoms with Gasteiger partial charge in [0.15, 0.2) is 5.96 Å². The zero-order chi connectivity index (χ0) is 27.1. The van der Waals surface area contributed by atoms with Gasteiger partial charge in [-0.1, -0.05) is 0 Å². The average Bonchev–Trinajstić information content (AvgIpc) is 2.75. The molecular weight excluding hydrogens is 472 g/mol. The van der Waals surface area contributed by atoms with Crippen molar-refractivity contribution in [2.45, 2.75) is 56.3 Å². The molecule has 35 heavy (non-hydrogen) atoms. The van der Waals surface area contributed by atoms with Gasteiger partial charge in [0.2, 0.25) is 23.6 Å². The number of aliphatic hydroxyl groups excluding tert-OH is 1. The van der Waals surface area contributed by atoms with E-state index in [2.05, 4.69) is 15.6 Å². The lowest BCUT2D eigenvalue weighted by atomic mass is 10.1. The van der Waals surface area contributed by atoms with Gasteiger partial charge in [0.25, 0.3) is 0 Å². The van der Waals surface area contributed by atoms with Crippen molar-refractivity contribution in [3.8, 4) is 0 Å². The zero-order valence-electron chi connectivity index (χ0n) is 18.8. The highest BCUT2D eigenvalue weighted by atomic mass is 16.4. The van der Waals surface area contributed by atoms with Gasteiger partial charge in [-0.05, 0) is 19.3 Å². The number of nitrogens with two attached hydrogens (primary N) is 4. The van der Waals surface area contributed by atoms with Crippen LogP contribution < -0.4 is 38.9 Å². The largest absolute Gasteiger partial charge is 0.481 e. The minimum absolute atomic E-state index is 0.0644. The van der Waals surface area contributed by atoms with Crippen LogP contribution in [0.3, 0.4) is 0 Å². The molecule has 4 amide bonds. The third-order valence-electron chi connectivity index (χ3n) is 4.42. The molecule has 17 nitrogen and oxygen atoms in total. The van der Waals surface area contributed by atoms with Crippen LogP contribution >= 0.6 is 0 Å². The summed E-state index contributed by atoms with van der Waals surface area (Å²) < 4.78 is 0. The maximum absolute atomic E-state index is 12.7. The molecule has 0 aromatic heterocycles. The molecular formula is C18H32N8O9. The Bertz CT molecular complexity index is 816. The van der Waals surface area contributed by atoms with E-state index in [0.717, 1.165) is 0 Å². The van der Waals surface area contributed by atoms with E-state index >= 15 is 0 Å². The van der Waals surface area contributed by atoms with Crippen LogP contribution in [-0.4, -0.2) is 94.2 Å². The molecule has 0 aliphatic carbocycles. The lowest BCUT2D eigenvalue weighted by molar-refractivity contribution is -0.142. The smallest absolute Gasteiger partial charge is 0.326 e. The number of guanidine groups is 1. The van der Waals surface area contributed by atoms with Crippen LogP contribution in [-0.2, 0) is 28.8 Å². The van der Waals surface area contributed by atoms with Gasteiger partial charge in [-0.15, -0.1) is 0 Å². The van der Waals surface area contributed by atoms with Gasteiger partial charge < -0.3 is 54.2 Å². The minimum atomic E-state index is -1.62. The monoisotopic (exact) mass is 504 g/mol. The first-order valence-electron chi connectivity index (χ1n) is 10.3. The summed E-state index contributed by atoms with van der Waals surface area (Å²) >= 11 is 0. The maximum atomic E-state index is 12.7. The van der Waals surface area contributed by atoms with E-state index in [0.29, 0.717) is 0 Å². The number of carbonyl (C=O) groups excluding carboxylic acids is 4. The molecule has 198 valence electrons. The van der Waals surface area contributed by atoms with Crippen LogP contribution in [0.15, 0.2) is 4.99 Å². The molecule has 0 aromatic carbocycles. The van der Waals surface area contributed by atoms with Gasteiger partial charge in [-0.25, -0.2) is 4.79 Å². The normalized spacial score (nSPS) is 13.9. The number of carbonyl (C=O) groups is 6. The van der Waals surface area contributed by atoms with Gasteiger partial charge in [0.05, 0.1) is 19.1 Å². The standard InChI is InChI=1S/C18H32N8O9/c19-8(6-13(29)30)14(31)26-11(7-27)16(33)24-9(3-4-12(20)28)15(32)25-10(17(34)35)2-1-5-23-18(21)22/h8-11,27H,1-7,19H2,(H2,20,28)(H,24,33)(H,25,32)(H,26,31)(H,29,30)(H,34,35)(H4,21,22,23). The van der Waals surface area contributed by atoms with E-state index in [-0.39, 0.29) is 38.2 Å². The van der Waals surface area contributed by atoms with Crippen LogP contribution in [0.4, 0.5) is 0 Å². The third kappa shape index (κ3) is 13.3. The average molecular weight is 505 g/mol. The second kappa shape index (κ2) is 15.8. The fourth-order valence-electron chi connectivity index (χ4n) is 2.61. The first-order valence-corrected chi connectivity index (χ1v) is 10.3. The fraction of sp³-hybridized carbons (Fsp3) is 0.611. The van der Waals surface area contributed by atoms with E-state index < -0.39 is 72.8 Å². The zero-order valence-corrected chi connectivity index (χ0v) is 18.8. The Balaban J connectivity index is 5.34. The van der Waals surface area contributed by atoms with E-state index in [4.69, 9.17) is 28.0 Å². The summed E-state index contributed by atoms with van der Waals surface area (Å²) in [6, 6.07) is -5.99. The number of primary amides is 1. The first kappa shape index (κ1) is 31.0. The number of rotatable bonds is 17. The van der Waals surface area contributed by atoms with Crippen molar-refractivity contribution in [3.63, 3.8) is 0 Å². The highest BCUT2D eigenvalue weighted by Crippen LogP contribution is 2.04. The molecule has 0 heterocycles. The van der Waals surface area contributed by atoms with Crippen molar-refractivity contribution in [2.75, 3.05) is 13.2 Å². The van der Waals surface area contributed by atoms with Gasteiger partial charge in [-0.2, -0.15) is 0 Å². The molecule has 0 rings (SSSR count). The highest BCUT2D eigenvalue weighted by molar-refractivity contribution is 5.95. The van der Waals surface area contributed by atoms with Gasteiger partial charge >= 0.3 is 11.9 Å². The van der Waals surface area contributed by atoms with Crippen molar-refractivity contribution in [3.05, 3.63) is 0 Å². The number of hydrogen-bond donors (Lipinski definition) is 10. The molecule has 0 aromatic rings. The highest BCUT2D eigenvalue weighted by Gasteiger charge is 2.30. The SMILES string of the molecule is NC(=O)CCC(NC(=O)C(CO)NC(=O)C(N)CC(=O)O)C(=O)NC(CCCN=C(N)N)C(=O)O. The molecule has 0 aliphatic heterocycles. The Morgan fingerprint density at radius 1 is 0.800 bits per heavy atom. The van der Waals surface area contributed by atoms with Gasteiger partial charge in [-0.3, -0.25) is 29.0 Å². The summed E-state index contributed by atoms with van der Waals surface area (Å²) in [4.78, 5) is 74.2. The van der Waals surface area contributed by atoms with Crippen LogP contribution in [0.1, 0.15) is 32.1 Å². The Labute approximate surface area is 199 Å². The molecule has 0 fully saturated rings. The van der Waals surface area contributed by atoms with E-state index in [1.807, 2.05) is 5.32 Å². The number of carboxylic acids is 2. The van der Waals surface area contributed by atoms with E-state index in [1.165, 1.54) is 0 Å². The number of aliphatic carboxylic acids is 2. The molecule has 0 radical (unpaired) electrons. The number of nitrogens with zero attached hydrogens (tertiary/aromatic N) is 1. The van der Waals surface area contributed by atoms with Crippen LogP contribution in [0.5, 0.6) is 0 Å². The maximum Gasteiger partial charge on any atom is 0.326 e. The Hall–Kier alpha value is -3.99. The van der Waals surface area contributed by atoms with Crippen molar-refractivity contribution in [2.24, 2.45) is 27.9 Å². The first-order chi connectivity index (χ1) is 16.3. The lowest BCUT2D eigenvalue weighted by Crippen LogP contribution is -2.58. The predicted molar refractivity (Wildman–Crippen MR) is 119 cm³/mol. The fourth-order valence-corrected chi connectivity index (χ4v) is 2.61.